The maximum Gasteiger partial charge on any atom is 0.269 e. The van der Waals surface area contributed by atoms with Crippen LogP contribution < -0.4 is 14.8 Å². The van der Waals surface area contributed by atoms with E-state index in [1.165, 1.54) is 17.4 Å². The van der Waals surface area contributed by atoms with Crippen molar-refractivity contribution in [3.63, 3.8) is 0 Å². The fraction of sp³-hybridized carbons (Fsp3) is 0.217. The van der Waals surface area contributed by atoms with Gasteiger partial charge in [-0.05, 0) is 29.8 Å². The number of Topliss-reactive ketones (excluding diaryl/α,β-unsaturated/α-hetero) is 1. The number of rotatable bonds is 4. The standard InChI is InChI=1S/C23H21N3O2S/c1-23(2,3)20(27)13-21-26(15-17-9-5-4-8-16(17)14-24)22(28)19(29-21)12-18-10-6-7-11-25-18/h4-13H,15H2,1-3H3/b19-12-,21-13-. The van der Waals surface area contributed by atoms with Gasteiger partial charge in [0.15, 0.2) is 5.78 Å². The molecular weight excluding hydrogens is 382 g/mol. The lowest BCUT2D eigenvalue weighted by molar-refractivity contribution is -0.120. The second kappa shape index (κ2) is 8.38. The highest BCUT2D eigenvalue weighted by Crippen LogP contribution is 2.15. The van der Waals surface area contributed by atoms with E-state index in [1.54, 1.807) is 29.0 Å². The molecule has 2 heterocycles. The van der Waals surface area contributed by atoms with Gasteiger partial charge in [0, 0.05) is 17.7 Å². The Morgan fingerprint density at radius 3 is 2.59 bits per heavy atom. The minimum absolute atomic E-state index is 0.0644. The van der Waals surface area contributed by atoms with Crippen LogP contribution in [0.4, 0.5) is 0 Å². The van der Waals surface area contributed by atoms with Crippen LogP contribution in [0.15, 0.2) is 53.5 Å². The number of hydrogen-bond acceptors (Lipinski definition) is 5. The molecule has 29 heavy (non-hydrogen) atoms. The van der Waals surface area contributed by atoms with Gasteiger partial charge in [-0.25, -0.2) is 0 Å². The van der Waals surface area contributed by atoms with Crippen LogP contribution in [0.2, 0.25) is 0 Å². The van der Waals surface area contributed by atoms with Crippen LogP contribution in [0.3, 0.4) is 0 Å². The summed E-state index contributed by atoms with van der Waals surface area (Å²) in [4.78, 5) is 30.0. The van der Waals surface area contributed by atoms with E-state index in [9.17, 15) is 14.9 Å². The normalized spacial score (nSPS) is 12.8. The third-order valence-electron chi connectivity index (χ3n) is 4.36. The summed E-state index contributed by atoms with van der Waals surface area (Å²) in [5.41, 5.74) is 1.15. The molecule has 0 amide bonds. The van der Waals surface area contributed by atoms with Crippen molar-refractivity contribution >= 4 is 29.3 Å². The van der Waals surface area contributed by atoms with Crippen molar-refractivity contribution in [3.8, 4) is 6.07 Å². The Kier molecular flexibility index (Phi) is 5.90. The van der Waals surface area contributed by atoms with Crippen molar-refractivity contribution in [2.45, 2.75) is 27.3 Å². The lowest BCUT2D eigenvalue weighted by Gasteiger charge is -2.13. The summed E-state index contributed by atoms with van der Waals surface area (Å²) in [6.45, 7) is 5.74. The van der Waals surface area contributed by atoms with Gasteiger partial charge in [0.1, 0.15) is 4.66 Å². The zero-order valence-corrected chi connectivity index (χ0v) is 17.4. The summed E-state index contributed by atoms with van der Waals surface area (Å²) in [5.74, 6) is -0.0644. The van der Waals surface area contributed by atoms with Gasteiger partial charge in [-0.3, -0.25) is 19.1 Å². The molecule has 0 aliphatic carbocycles. The van der Waals surface area contributed by atoms with Crippen molar-refractivity contribution in [2.24, 2.45) is 5.41 Å². The molecule has 0 saturated heterocycles. The molecule has 0 radical (unpaired) electrons. The Balaban J connectivity index is 2.22. The number of carbonyl (C=O) groups is 1. The predicted octanol–water partition coefficient (Wildman–Crippen LogP) is 2.45. The van der Waals surface area contributed by atoms with E-state index in [1.807, 2.05) is 51.1 Å². The molecular formula is C23H21N3O2S. The quantitative estimate of drug-likeness (QED) is 0.671. The number of pyridine rings is 1. The molecule has 0 aliphatic heterocycles. The second-order valence-electron chi connectivity index (χ2n) is 7.62. The topological polar surface area (TPSA) is 75.8 Å². The molecule has 0 saturated carbocycles. The van der Waals surface area contributed by atoms with Crippen LogP contribution in [0.1, 0.15) is 37.6 Å². The van der Waals surface area contributed by atoms with Crippen molar-refractivity contribution in [1.82, 2.24) is 9.55 Å². The van der Waals surface area contributed by atoms with Gasteiger partial charge in [0.2, 0.25) is 0 Å². The maximum absolute atomic E-state index is 13.1. The number of benzene rings is 1. The average molecular weight is 404 g/mol. The van der Waals surface area contributed by atoms with Gasteiger partial charge in [0.25, 0.3) is 5.56 Å². The van der Waals surface area contributed by atoms with E-state index >= 15 is 0 Å². The Hall–Kier alpha value is -3.30. The van der Waals surface area contributed by atoms with Crippen molar-refractivity contribution in [1.29, 1.82) is 5.26 Å². The summed E-state index contributed by atoms with van der Waals surface area (Å²) in [6.07, 6.45) is 4.91. The van der Waals surface area contributed by atoms with Gasteiger partial charge in [-0.2, -0.15) is 5.26 Å². The number of thiazole rings is 1. The molecule has 5 nitrogen and oxygen atoms in total. The van der Waals surface area contributed by atoms with Gasteiger partial charge < -0.3 is 0 Å². The highest BCUT2D eigenvalue weighted by atomic mass is 32.1. The minimum Gasteiger partial charge on any atom is -0.294 e. The Labute approximate surface area is 172 Å². The SMILES string of the molecule is CC(C)(C)C(=O)/C=c1\s/c(=C\c2ccccn2)c(=O)n1Cc1ccccc1C#N. The summed E-state index contributed by atoms with van der Waals surface area (Å²) in [7, 11) is 0. The lowest BCUT2D eigenvalue weighted by atomic mass is 9.91. The first-order valence-corrected chi connectivity index (χ1v) is 9.98. The number of ketones is 1. The molecule has 0 spiro atoms. The molecule has 3 aromatic rings. The molecule has 0 fully saturated rings. The smallest absolute Gasteiger partial charge is 0.269 e. The molecule has 3 rings (SSSR count). The van der Waals surface area contributed by atoms with Gasteiger partial charge in [-0.15, -0.1) is 11.3 Å². The molecule has 6 heteroatoms. The molecule has 0 N–H and O–H groups in total. The maximum atomic E-state index is 13.1. The van der Waals surface area contributed by atoms with Crippen molar-refractivity contribution in [3.05, 3.63) is 85.0 Å². The van der Waals surface area contributed by atoms with E-state index in [0.29, 0.717) is 20.5 Å². The fourth-order valence-electron chi connectivity index (χ4n) is 2.65. The molecule has 2 aromatic heterocycles. The van der Waals surface area contributed by atoms with E-state index in [4.69, 9.17) is 0 Å². The van der Waals surface area contributed by atoms with Crippen LogP contribution in [0.5, 0.6) is 0 Å². The summed E-state index contributed by atoms with van der Waals surface area (Å²) in [5, 5.41) is 9.38. The van der Waals surface area contributed by atoms with Crippen molar-refractivity contribution < 1.29 is 4.79 Å². The molecule has 0 unspecified atom stereocenters. The van der Waals surface area contributed by atoms with E-state index in [0.717, 1.165) is 5.56 Å². The van der Waals surface area contributed by atoms with Gasteiger partial charge >= 0.3 is 0 Å². The first kappa shape index (κ1) is 20.4. The molecule has 0 aliphatic rings. The molecule has 1 aromatic carbocycles. The average Bonchev–Trinajstić information content (AvgIpc) is 2.97. The zero-order chi connectivity index (χ0) is 21.0. The van der Waals surface area contributed by atoms with E-state index in [-0.39, 0.29) is 17.9 Å². The Morgan fingerprint density at radius 2 is 1.93 bits per heavy atom. The number of aromatic nitrogens is 2. The van der Waals surface area contributed by atoms with Gasteiger partial charge in [-0.1, -0.05) is 45.0 Å². The first-order chi connectivity index (χ1) is 13.8. The highest BCUT2D eigenvalue weighted by molar-refractivity contribution is 7.07. The predicted molar refractivity (Wildman–Crippen MR) is 115 cm³/mol. The van der Waals surface area contributed by atoms with Crippen molar-refractivity contribution in [2.75, 3.05) is 0 Å². The summed E-state index contributed by atoms with van der Waals surface area (Å²) < 4.78 is 2.61. The summed E-state index contributed by atoms with van der Waals surface area (Å²) >= 11 is 1.25. The second-order valence-corrected chi connectivity index (χ2v) is 8.68. The number of nitrogens with zero attached hydrogens (tertiary/aromatic N) is 3. The lowest BCUT2D eigenvalue weighted by Crippen LogP contribution is -2.33. The van der Waals surface area contributed by atoms with Crippen LogP contribution >= 0.6 is 11.3 Å². The number of hydrogen-bond donors (Lipinski definition) is 0. The van der Waals surface area contributed by atoms with Crippen LogP contribution in [0, 0.1) is 16.7 Å². The van der Waals surface area contributed by atoms with Crippen LogP contribution in [-0.2, 0) is 11.3 Å². The van der Waals surface area contributed by atoms with E-state index in [2.05, 4.69) is 11.1 Å². The summed E-state index contributed by atoms with van der Waals surface area (Å²) in [6, 6.07) is 14.8. The highest BCUT2D eigenvalue weighted by Gasteiger charge is 2.19. The number of nitriles is 1. The minimum atomic E-state index is -0.555. The monoisotopic (exact) mass is 403 g/mol. The third kappa shape index (κ3) is 4.76. The molecule has 0 bridgehead atoms. The van der Waals surface area contributed by atoms with Crippen LogP contribution in [0.25, 0.3) is 12.2 Å². The van der Waals surface area contributed by atoms with E-state index < -0.39 is 5.41 Å². The first-order valence-electron chi connectivity index (χ1n) is 9.16. The fourth-order valence-corrected chi connectivity index (χ4v) is 3.68. The largest absolute Gasteiger partial charge is 0.294 e. The van der Waals surface area contributed by atoms with Gasteiger partial charge in [0.05, 0.1) is 28.4 Å². The molecule has 146 valence electrons. The molecule has 0 atom stereocenters. The zero-order valence-electron chi connectivity index (χ0n) is 16.5. The Bertz CT molecular complexity index is 1260. The van der Waals surface area contributed by atoms with Crippen LogP contribution in [-0.4, -0.2) is 15.3 Å². The number of carbonyl (C=O) groups excluding carboxylic acids is 1. The Morgan fingerprint density at radius 1 is 1.21 bits per heavy atom. The third-order valence-corrected chi connectivity index (χ3v) is 5.42.